The summed E-state index contributed by atoms with van der Waals surface area (Å²) in [7, 11) is 0. The fourth-order valence-electron chi connectivity index (χ4n) is 1.14. The van der Waals surface area contributed by atoms with E-state index >= 15 is 0 Å². The maximum Gasteiger partial charge on any atom is 0.122 e. The highest BCUT2D eigenvalue weighted by Gasteiger charge is 1.97. The lowest BCUT2D eigenvalue weighted by atomic mass is 10.2. The lowest BCUT2D eigenvalue weighted by molar-refractivity contribution is 0.353. The van der Waals surface area contributed by atoms with Crippen molar-refractivity contribution < 1.29 is 4.74 Å². The van der Waals surface area contributed by atoms with Gasteiger partial charge in [-0.15, -0.1) is 0 Å². The topological polar surface area (TPSA) is 9.23 Å². The summed E-state index contributed by atoms with van der Waals surface area (Å²) in [5.41, 5.74) is 2.07. The highest BCUT2D eigenvalue weighted by Crippen LogP contribution is 2.16. The number of rotatable bonds is 5. The first kappa shape index (κ1) is 15.2. The van der Waals surface area contributed by atoms with Crippen LogP contribution < -0.4 is 4.74 Å². The molecule has 0 atom stereocenters. The summed E-state index contributed by atoms with van der Waals surface area (Å²) < 4.78 is 5.61. The number of benzene rings is 1. The van der Waals surface area contributed by atoms with Gasteiger partial charge in [-0.1, -0.05) is 63.4 Å². The van der Waals surface area contributed by atoms with Crippen molar-refractivity contribution in [1.29, 1.82) is 0 Å². The summed E-state index contributed by atoms with van der Waals surface area (Å²) >= 11 is 0. The Balaban J connectivity index is 0.00000121. The number of aryl methyl sites for hydroxylation is 1. The second kappa shape index (κ2) is 9.46. The van der Waals surface area contributed by atoms with Gasteiger partial charge in [0.2, 0.25) is 0 Å². The SMILES string of the molecule is C=C/C=C\C(=C)COc1ccccc1C.CC. The monoisotopic (exact) mass is 230 g/mol. The molecule has 1 rings (SSSR count). The Labute approximate surface area is 105 Å². The number of ether oxygens (including phenoxy) is 1. The molecule has 1 nitrogen and oxygen atoms in total. The molecule has 0 saturated heterocycles. The van der Waals surface area contributed by atoms with Crippen molar-refractivity contribution in [3.63, 3.8) is 0 Å². The minimum atomic E-state index is 0.509. The van der Waals surface area contributed by atoms with E-state index < -0.39 is 0 Å². The van der Waals surface area contributed by atoms with Gasteiger partial charge in [-0.2, -0.15) is 0 Å². The smallest absolute Gasteiger partial charge is 0.122 e. The van der Waals surface area contributed by atoms with E-state index in [0.29, 0.717) is 6.61 Å². The summed E-state index contributed by atoms with van der Waals surface area (Å²) in [6, 6.07) is 7.94. The average Bonchev–Trinajstić information content (AvgIpc) is 2.38. The van der Waals surface area contributed by atoms with Crippen LogP contribution in [0.1, 0.15) is 19.4 Å². The number of hydrogen-bond acceptors (Lipinski definition) is 1. The van der Waals surface area contributed by atoms with Crippen LogP contribution in [0.25, 0.3) is 0 Å². The van der Waals surface area contributed by atoms with Crippen molar-refractivity contribution in [2.24, 2.45) is 0 Å². The van der Waals surface area contributed by atoms with E-state index in [0.717, 1.165) is 16.9 Å². The Kier molecular flexibility index (Phi) is 8.48. The van der Waals surface area contributed by atoms with Gasteiger partial charge in [0, 0.05) is 0 Å². The zero-order chi connectivity index (χ0) is 13.1. The van der Waals surface area contributed by atoms with Gasteiger partial charge in [0.15, 0.2) is 0 Å². The molecule has 17 heavy (non-hydrogen) atoms. The van der Waals surface area contributed by atoms with Gasteiger partial charge in [-0.25, -0.2) is 0 Å². The van der Waals surface area contributed by atoms with Crippen molar-refractivity contribution >= 4 is 0 Å². The van der Waals surface area contributed by atoms with Crippen molar-refractivity contribution in [3.8, 4) is 5.75 Å². The third kappa shape index (κ3) is 6.41. The van der Waals surface area contributed by atoms with E-state index in [4.69, 9.17) is 4.74 Å². The Bertz CT molecular complexity index is 375. The molecule has 0 aliphatic rings. The molecule has 0 aliphatic carbocycles. The van der Waals surface area contributed by atoms with Crippen LogP contribution in [0.15, 0.2) is 61.2 Å². The van der Waals surface area contributed by atoms with Gasteiger partial charge in [0.05, 0.1) is 0 Å². The molecular formula is C16H22O. The Morgan fingerprint density at radius 1 is 1.29 bits per heavy atom. The second-order valence-electron chi connectivity index (χ2n) is 3.31. The highest BCUT2D eigenvalue weighted by molar-refractivity contribution is 5.32. The molecule has 0 aromatic heterocycles. The lowest BCUT2D eigenvalue weighted by Gasteiger charge is -2.08. The Hall–Kier alpha value is -1.76. The minimum Gasteiger partial charge on any atom is -0.489 e. The lowest BCUT2D eigenvalue weighted by Crippen LogP contribution is -1.99. The molecule has 0 aliphatic heterocycles. The van der Waals surface area contributed by atoms with Crippen LogP contribution in [0.5, 0.6) is 5.75 Å². The molecule has 1 heteroatoms. The van der Waals surface area contributed by atoms with E-state index in [1.54, 1.807) is 6.08 Å². The molecule has 0 fully saturated rings. The van der Waals surface area contributed by atoms with E-state index in [9.17, 15) is 0 Å². The Morgan fingerprint density at radius 2 is 1.94 bits per heavy atom. The third-order valence-corrected chi connectivity index (χ3v) is 1.97. The maximum absolute atomic E-state index is 5.61. The molecule has 0 N–H and O–H groups in total. The molecule has 0 radical (unpaired) electrons. The molecule has 1 aromatic rings. The van der Waals surface area contributed by atoms with Crippen molar-refractivity contribution in [1.82, 2.24) is 0 Å². The number of hydrogen-bond donors (Lipinski definition) is 0. The first-order valence-corrected chi connectivity index (χ1v) is 5.89. The van der Waals surface area contributed by atoms with Gasteiger partial charge >= 0.3 is 0 Å². The van der Waals surface area contributed by atoms with Gasteiger partial charge in [0.1, 0.15) is 12.4 Å². The standard InChI is InChI=1S/C14H16O.C2H6/c1-4-5-8-12(2)11-15-14-10-7-6-9-13(14)3;1-2/h4-10H,1-2,11H2,3H3;1-2H3/b8-5-;. The summed E-state index contributed by atoms with van der Waals surface area (Å²) in [4.78, 5) is 0. The molecular weight excluding hydrogens is 208 g/mol. The maximum atomic E-state index is 5.61. The van der Waals surface area contributed by atoms with Crippen molar-refractivity contribution in [3.05, 3.63) is 66.8 Å². The molecule has 0 amide bonds. The number of allylic oxidation sites excluding steroid dienone is 2. The first-order chi connectivity index (χ1) is 8.24. The van der Waals surface area contributed by atoms with Crippen LogP contribution in [0.3, 0.4) is 0 Å². The van der Waals surface area contributed by atoms with E-state index in [2.05, 4.69) is 13.2 Å². The minimum absolute atomic E-state index is 0.509. The van der Waals surface area contributed by atoms with Gasteiger partial charge in [0.25, 0.3) is 0 Å². The fraction of sp³-hybridized carbons (Fsp3) is 0.250. The molecule has 0 spiro atoms. The Morgan fingerprint density at radius 3 is 2.53 bits per heavy atom. The summed E-state index contributed by atoms with van der Waals surface area (Å²) in [5.74, 6) is 0.908. The van der Waals surface area contributed by atoms with Crippen LogP contribution >= 0.6 is 0 Å². The van der Waals surface area contributed by atoms with Crippen LogP contribution in [-0.4, -0.2) is 6.61 Å². The second-order valence-corrected chi connectivity index (χ2v) is 3.31. The van der Waals surface area contributed by atoms with Crippen molar-refractivity contribution in [2.75, 3.05) is 6.61 Å². The quantitative estimate of drug-likeness (QED) is 0.666. The fourth-order valence-corrected chi connectivity index (χ4v) is 1.14. The normalized spacial score (nSPS) is 9.35. The summed E-state index contributed by atoms with van der Waals surface area (Å²) in [6.45, 7) is 14.0. The van der Waals surface area contributed by atoms with E-state index in [-0.39, 0.29) is 0 Å². The molecule has 0 saturated carbocycles. The van der Waals surface area contributed by atoms with Crippen LogP contribution in [-0.2, 0) is 0 Å². The van der Waals surface area contributed by atoms with Crippen LogP contribution in [0.2, 0.25) is 0 Å². The predicted molar refractivity (Wildman–Crippen MR) is 76.5 cm³/mol. The first-order valence-electron chi connectivity index (χ1n) is 5.89. The van der Waals surface area contributed by atoms with Crippen molar-refractivity contribution in [2.45, 2.75) is 20.8 Å². The van der Waals surface area contributed by atoms with Gasteiger partial charge < -0.3 is 4.74 Å². The van der Waals surface area contributed by atoms with E-state index in [1.807, 2.05) is 57.2 Å². The predicted octanol–water partition coefficient (Wildman–Crippen LogP) is 4.70. The molecule has 0 unspecified atom stereocenters. The average molecular weight is 230 g/mol. The number of para-hydroxylation sites is 1. The van der Waals surface area contributed by atoms with Crippen LogP contribution in [0.4, 0.5) is 0 Å². The summed E-state index contributed by atoms with van der Waals surface area (Å²) in [5, 5.41) is 0. The molecule has 1 aromatic carbocycles. The third-order valence-electron chi connectivity index (χ3n) is 1.97. The van der Waals surface area contributed by atoms with Gasteiger partial charge in [-0.05, 0) is 24.1 Å². The zero-order valence-corrected chi connectivity index (χ0v) is 11.1. The van der Waals surface area contributed by atoms with Crippen LogP contribution in [0, 0.1) is 6.92 Å². The highest BCUT2D eigenvalue weighted by atomic mass is 16.5. The molecule has 92 valence electrons. The summed E-state index contributed by atoms with van der Waals surface area (Å²) in [6.07, 6.45) is 5.47. The zero-order valence-electron chi connectivity index (χ0n) is 11.1. The van der Waals surface area contributed by atoms with Gasteiger partial charge in [-0.3, -0.25) is 0 Å². The van der Waals surface area contributed by atoms with E-state index in [1.165, 1.54) is 0 Å². The largest absolute Gasteiger partial charge is 0.489 e. The molecule has 0 heterocycles. The molecule has 0 bridgehead atoms.